The van der Waals surface area contributed by atoms with E-state index in [2.05, 4.69) is 26.0 Å². The van der Waals surface area contributed by atoms with Gasteiger partial charge in [-0.2, -0.15) is 5.10 Å². The van der Waals surface area contributed by atoms with Gasteiger partial charge >= 0.3 is 6.09 Å². The van der Waals surface area contributed by atoms with Crippen LogP contribution in [0.3, 0.4) is 0 Å². The highest BCUT2D eigenvalue weighted by atomic mass is 79.9. The SMILES string of the molecule is CCN(C(=O)O)c1cc2c(cn1)c(Br)nn2C1CCC(O)CC1. The highest BCUT2D eigenvalue weighted by Crippen LogP contribution is 2.34. The van der Waals surface area contributed by atoms with E-state index < -0.39 is 6.09 Å². The average molecular weight is 383 g/mol. The number of aromatic nitrogens is 3. The quantitative estimate of drug-likeness (QED) is 0.850. The summed E-state index contributed by atoms with van der Waals surface area (Å²) in [6.45, 7) is 2.11. The van der Waals surface area contributed by atoms with Crippen molar-refractivity contribution in [2.24, 2.45) is 0 Å². The van der Waals surface area contributed by atoms with E-state index in [-0.39, 0.29) is 12.1 Å². The van der Waals surface area contributed by atoms with Crippen molar-refractivity contribution < 1.29 is 15.0 Å². The van der Waals surface area contributed by atoms with Crippen LogP contribution in [-0.2, 0) is 0 Å². The van der Waals surface area contributed by atoms with Gasteiger partial charge in [-0.15, -0.1) is 0 Å². The predicted molar refractivity (Wildman–Crippen MR) is 89.8 cm³/mol. The van der Waals surface area contributed by atoms with Crippen molar-refractivity contribution in [2.45, 2.75) is 44.8 Å². The Bertz CT molecular complexity index is 725. The maximum absolute atomic E-state index is 11.3. The van der Waals surface area contributed by atoms with Crippen molar-refractivity contribution in [3.8, 4) is 0 Å². The van der Waals surface area contributed by atoms with Gasteiger partial charge in [0.25, 0.3) is 0 Å². The van der Waals surface area contributed by atoms with Crippen molar-refractivity contribution >= 4 is 38.7 Å². The van der Waals surface area contributed by atoms with E-state index in [0.29, 0.717) is 17.0 Å². The number of halogens is 1. The van der Waals surface area contributed by atoms with E-state index in [0.717, 1.165) is 36.6 Å². The topological polar surface area (TPSA) is 91.5 Å². The van der Waals surface area contributed by atoms with E-state index in [1.807, 2.05) is 4.68 Å². The summed E-state index contributed by atoms with van der Waals surface area (Å²) in [7, 11) is 0. The molecule has 23 heavy (non-hydrogen) atoms. The molecule has 0 unspecified atom stereocenters. The maximum Gasteiger partial charge on any atom is 0.412 e. The number of nitrogens with zero attached hydrogens (tertiary/aromatic N) is 4. The molecule has 0 radical (unpaired) electrons. The molecule has 1 aliphatic rings. The number of hydrogen-bond acceptors (Lipinski definition) is 4. The van der Waals surface area contributed by atoms with Crippen molar-refractivity contribution in [3.63, 3.8) is 0 Å². The highest BCUT2D eigenvalue weighted by Gasteiger charge is 2.24. The zero-order chi connectivity index (χ0) is 16.6. The first-order valence-electron chi connectivity index (χ1n) is 7.73. The van der Waals surface area contributed by atoms with E-state index in [1.165, 1.54) is 4.90 Å². The third-order valence-corrected chi connectivity index (χ3v) is 4.95. The molecule has 1 aliphatic carbocycles. The zero-order valence-electron chi connectivity index (χ0n) is 12.8. The van der Waals surface area contributed by atoms with Crippen LogP contribution in [0.25, 0.3) is 10.9 Å². The van der Waals surface area contributed by atoms with E-state index >= 15 is 0 Å². The number of pyridine rings is 1. The summed E-state index contributed by atoms with van der Waals surface area (Å²) in [6, 6.07) is 1.98. The van der Waals surface area contributed by atoms with Gasteiger partial charge < -0.3 is 10.2 Å². The Morgan fingerprint density at radius 1 is 1.43 bits per heavy atom. The Morgan fingerprint density at radius 2 is 2.13 bits per heavy atom. The number of carbonyl (C=O) groups is 1. The molecule has 7 nitrogen and oxygen atoms in total. The standard InChI is InChI=1S/C15H19BrN4O3/c1-2-19(15(22)23)13-7-12-11(8-17-13)14(16)18-20(12)9-3-5-10(21)6-4-9/h7-10,21H,2-6H2,1H3,(H,22,23). The van der Waals surface area contributed by atoms with Crippen LogP contribution in [0.4, 0.5) is 10.6 Å². The first-order chi connectivity index (χ1) is 11.0. The minimum absolute atomic E-state index is 0.211. The molecule has 2 heterocycles. The molecule has 0 bridgehead atoms. The molecule has 0 atom stereocenters. The number of anilines is 1. The van der Waals surface area contributed by atoms with Crippen molar-refractivity contribution in [2.75, 3.05) is 11.4 Å². The van der Waals surface area contributed by atoms with E-state index in [1.54, 1.807) is 19.2 Å². The van der Waals surface area contributed by atoms with Crippen LogP contribution < -0.4 is 4.90 Å². The molecule has 8 heteroatoms. The molecule has 2 N–H and O–H groups in total. The zero-order valence-corrected chi connectivity index (χ0v) is 14.4. The molecule has 124 valence electrons. The van der Waals surface area contributed by atoms with Gasteiger partial charge in [-0.05, 0) is 48.5 Å². The predicted octanol–water partition coefficient (Wildman–Crippen LogP) is 3.17. The molecule has 0 saturated heterocycles. The molecule has 1 amide bonds. The smallest absolute Gasteiger partial charge is 0.412 e. The molecular formula is C15H19BrN4O3. The fraction of sp³-hybridized carbons (Fsp3) is 0.533. The van der Waals surface area contributed by atoms with Gasteiger partial charge in [0.05, 0.1) is 23.0 Å². The largest absolute Gasteiger partial charge is 0.465 e. The maximum atomic E-state index is 11.3. The first kappa shape index (κ1) is 16.2. The number of aliphatic hydroxyl groups is 1. The van der Waals surface area contributed by atoms with Crippen LogP contribution in [0.1, 0.15) is 38.6 Å². The fourth-order valence-electron chi connectivity index (χ4n) is 3.11. The molecular weight excluding hydrogens is 364 g/mol. The number of aliphatic hydroxyl groups excluding tert-OH is 1. The number of carboxylic acid groups (broad SMARTS) is 1. The van der Waals surface area contributed by atoms with Crippen LogP contribution in [0.5, 0.6) is 0 Å². The molecule has 2 aromatic heterocycles. The second kappa shape index (κ2) is 6.45. The lowest BCUT2D eigenvalue weighted by molar-refractivity contribution is 0.109. The highest BCUT2D eigenvalue weighted by molar-refractivity contribution is 9.10. The lowest BCUT2D eigenvalue weighted by Crippen LogP contribution is -2.29. The van der Waals surface area contributed by atoms with Gasteiger partial charge in [-0.3, -0.25) is 9.58 Å². The number of rotatable bonds is 3. The Morgan fingerprint density at radius 3 is 2.74 bits per heavy atom. The Hall–Kier alpha value is -1.67. The van der Waals surface area contributed by atoms with Crippen LogP contribution in [0.15, 0.2) is 16.9 Å². The minimum Gasteiger partial charge on any atom is -0.465 e. The molecule has 1 saturated carbocycles. The fourth-order valence-corrected chi connectivity index (χ4v) is 3.59. The van der Waals surface area contributed by atoms with Gasteiger partial charge in [0, 0.05) is 18.8 Å². The summed E-state index contributed by atoms with van der Waals surface area (Å²) in [5, 5.41) is 24.4. The summed E-state index contributed by atoms with van der Waals surface area (Å²) in [5.74, 6) is 0.400. The summed E-state index contributed by atoms with van der Waals surface area (Å²) in [6.07, 6.45) is 3.65. The normalized spacial score (nSPS) is 21.5. The van der Waals surface area contributed by atoms with Crippen molar-refractivity contribution in [1.82, 2.24) is 14.8 Å². The summed E-state index contributed by atoms with van der Waals surface area (Å²) < 4.78 is 2.64. The monoisotopic (exact) mass is 382 g/mol. The van der Waals surface area contributed by atoms with Gasteiger partial charge in [0.15, 0.2) is 0 Å². The van der Waals surface area contributed by atoms with Gasteiger partial charge in [0.1, 0.15) is 10.4 Å². The molecule has 2 aromatic rings. The molecule has 1 fully saturated rings. The van der Waals surface area contributed by atoms with Gasteiger partial charge in [-0.1, -0.05) is 0 Å². The molecule has 3 rings (SSSR count). The van der Waals surface area contributed by atoms with Crippen LogP contribution in [0.2, 0.25) is 0 Å². The van der Waals surface area contributed by atoms with Crippen LogP contribution in [0, 0.1) is 0 Å². The molecule has 0 aliphatic heterocycles. The Balaban J connectivity index is 2.03. The first-order valence-corrected chi connectivity index (χ1v) is 8.52. The van der Waals surface area contributed by atoms with Crippen molar-refractivity contribution in [1.29, 1.82) is 0 Å². The minimum atomic E-state index is -1.02. The molecule has 0 aromatic carbocycles. The third kappa shape index (κ3) is 3.05. The van der Waals surface area contributed by atoms with Crippen LogP contribution in [-0.4, -0.2) is 43.7 Å². The van der Waals surface area contributed by atoms with Gasteiger partial charge in [0.2, 0.25) is 0 Å². The summed E-state index contributed by atoms with van der Waals surface area (Å²) in [5.41, 5.74) is 0.864. The van der Waals surface area contributed by atoms with Crippen LogP contribution >= 0.6 is 15.9 Å². The average Bonchev–Trinajstić information content (AvgIpc) is 2.85. The van der Waals surface area contributed by atoms with Gasteiger partial charge in [-0.25, -0.2) is 9.78 Å². The number of amides is 1. The number of hydrogen-bond donors (Lipinski definition) is 2. The third-order valence-electron chi connectivity index (χ3n) is 4.37. The Labute approximate surface area is 142 Å². The number of fused-ring (bicyclic) bond motifs is 1. The van der Waals surface area contributed by atoms with Crippen molar-refractivity contribution in [3.05, 3.63) is 16.9 Å². The second-order valence-electron chi connectivity index (χ2n) is 5.78. The lowest BCUT2D eigenvalue weighted by atomic mass is 9.93. The second-order valence-corrected chi connectivity index (χ2v) is 6.54. The van der Waals surface area contributed by atoms with E-state index in [4.69, 9.17) is 0 Å². The molecule has 0 spiro atoms. The Kier molecular flexibility index (Phi) is 4.54. The van der Waals surface area contributed by atoms with E-state index in [9.17, 15) is 15.0 Å². The summed E-state index contributed by atoms with van der Waals surface area (Å²) in [4.78, 5) is 16.8. The lowest BCUT2D eigenvalue weighted by Gasteiger charge is -2.26. The summed E-state index contributed by atoms with van der Waals surface area (Å²) >= 11 is 3.45.